The molecule has 1 heterocycles. The summed E-state index contributed by atoms with van der Waals surface area (Å²) in [5.74, 6) is 0.0538. The topological polar surface area (TPSA) is 104 Å². The molecule has 0 spiro atoms. The van der Waals surface area contributed by atoms with E-state index in [0.717, 1.165) is 0 Å². The molecule has 0 saturated carbocycles. The first-order chi connectivity index (χ1) is 6.48. The molecule has 0 amide bonds. The molecule has 0 aromatic heterocycles. The first kappa shape index (κ1) is 9.10. The van der Waals surface area contributed by atoms with Crippen LogP contribution in [0.25, 0.3) is 0 Å². The summed E-state index contributed by atoms with van der Waals surface area (Å²) >= 11 is 0. The van der Waals surface area contributed by atoms with Crippen LogP contribution in [0.3, 0.4) is 0 Å². The van der Waals surface area contributed by atoms with Crippen LogP contribution in [0.5, 0.6) is 0 Å². The van der Waals surface area contributed by atoms with Crippen molar-refractivity contribution in [3.05, 3.63) is 35.3 Å². The molecule has 0 fully saturated rings. The van der Waals surface area contributed by atoms with Crippen LogP contribution in [0.15, 0.2) is 35.3 Å². The Balaban J connectivity index is 2.52. The summed E-state index contributed by atoms with van der Waals surface area (Å²) in [4.78, 5) is 0. The Labute approximate surface area is 81.0 Å². The predicted octanol–water partition coefficient (Wildman–Crippen LogP) is -1.59. The summed E-state index contributed by atoms with van der Waals surface area (Å²) in [6.45, 7) is 0. The molecule has 7 heteroatoms. The molecular weight excluding hydrogens is 206 g/mol. The van der Waals surface area contributed by atoms with Gasteiger partial charge in [-0.15, -0.1) is 0 Å². The maximum absolute atomic E-state index is 11.1. The lowest BCUT2D eigenvalue weighted by molar-refractivity contribution is 0.269. The number of allylic oxidation sites excluding steroid dienone is 1. The average Bonchev–Trinajstić information content (AvgIpc) is 2.00. The van der Waals surface area contributed by atoms with E-state index < -0.39 is 16.3 Å². The van der Waals surface area contributed by atoms with Crippen molar-refractivity contribution in [3.8, 4) is 0 Å². The molecule has 1 aliphatic carbocycles. The Kier molecular flexibility index (Phi) is 1.79. The molecule has 0 bridgehead atoms. The van der Waals surface area contributed by atoms with Gasteiger partial charge in [0.05, 0.1) is 11.8 Å². The number of fused-ring (bicyclic) bond motifs is 1. The summed E-state index contributed by atoms with van der Waals surface area (Å²) in [5, 5.41) is 9.22. The predicted molar refractivity (Wildman–Crippen MR) is 49.6 cm³/mol. The second-order valence-electron chi connectivity index (χ2n) is 2.96. The second-order valence-corrected chi connectivity index (χ2v) is 4.38. The van der Waals surface area contributed by atoms with E-state index in [4.69, 9.17) is 5.73 Å². The number of hydrogen-bond acceptors (Lipinski definition) is 4. The third kappa shape index (κ3) is 1.47. The Morgan fingerprint density at radius 3 is 2.86 bits per heavy atom. The van der Waals surface area contributed by atoms with E-state index >= 15 is 0 Å². The Morgan fingerprint density at radius 2 is 2.14 bits per heavy atom. The van der Waals surface area contributed by atoms with Gasteiger partial charge >= 0.3 is 10.2 Å². The number of hydrogen-bond donors (Lipinski definition) is 4. The number of aliphatic hydroxyl groups excluding tert-OH is 1. The van der Waals surface area contributed by atoms with Crippen LogP contribution in [0, 0.1) is 0 Å². The van der Waals surface area contributed by atoms with Gasteiger partial charge in [0.25, 0.3) is 0 Å². The van der Waals surface area contributed by atoms with Gasteiger partial charge in [0.15, 0.2) is 0 Å². The first-order valence-electron chi connectivity index (χ1n) is 3.87. The average molecular weight is 215 g/mol. The third-order valence-electron chi connectivity index (χ3n) is 1.87. The fourth-order valence-electron chi connectivity index (χ4n) is 1.29. The maximum atomic E-state index is 11.1. The quantitative estimate of drug-likeness (QED) is 0.391. The normalized spacial score (nSPS) is 28.6. The second kappa shape index (κ2) is 2.76. The van der Waals surface area contributed by atoms with Crippen molar-refractivity contribution in [1.82, 2.24) is 9.44 Å². The molecule has 0 aromatic rings. The van der Waals surface area contributed by atoms with Crippen LogP contribution < -0.4 is 15.2 Å². The van der Waals surface area contributed by atoms with Gasteiger partial charge in [0.1, 0.15) is 5.82 Å². The standard InChI is InChI=1S/C7H9N3O3S/c8-7-5-2-1-4(11)3-6(5)9-14(12,13)10-7/h1-4,9-11H,8H2. The molecule has 5 N–H and O–H groups in total. The fourth-order valence-corrected chi connectivity index (χ4v) is 2.21. The summed E-state index contributed by atoms with van der Waals surface area (Å²) in [6.07, 6.45) is 3.65. The van der Waals surface area contributed by atoms with E-state index in [-0.39, 0.29) is 5.82 Å². The summed E-state index contributed by atoms with van der Waals surface area (Å²) in [7, 11) is -3.62. The van der Waals surface area contributed by atoms with E-state index in [1.807, 2.05) is 0 Å². The number of nitrogens with two attached hydrogens (primary N) is 1. The van der Waals surface area contributed by atoms with Crippen LogP contribution in [0.4, 0.5) is 0 Å². The molecule has 0 saturated heterocycles. The number of rotatable bonds is 0. The lowest BCUT2D eigenvalue weighted by Crippen LogP contribution is -2.44. The van der Waals surface area contributed by atoms with Crippen LogP contribution in [-0.4, -0.2) is 19.6 Å². The van der Waals surface area contributed by atoms with Gasteiger partial charge in [0.2, 0.25) is 0 Å². The third-order valence-corrected chi connectivity index (χ3v) is 2.84. The molecule has 6 nitrogen and oxygen atoms in total. The van der Waals surface area contributed by atoms with Gasteiger partial charge in [-0.1, -0.05) is 12.2 Å². The molecule has 1 aliphatic heterocycles. The lowest BCUT2D eigenvalue weighted by Gasteiger charge is -2.24. The monoisotopic (exact) mass is 215 g/mol. The summed E-state index contributed by atoms with van der Waals surface area (Å²) < 4.78 is 26.6. The highest BCUT2D eigenvalue weighted by molar-refractivity contribution is 7.87. The van der Waals surface area contributed by atoms with Crippen LogP contribution >= 0.6 is 0 Å². The lowest BCUT2D eigenvalue weighted by atomic mass is 10.0. The van der Waals surface area contributed by atoms with Crippen molar-refractivity contribution in [2.45, 2.75) is 6.10 Å². The van der Waals surface area contributed by atoms with Crippen molar-refractivity contribution in [1.29, 1.82) is 0 Å². The minimum atomic E-state index is -3.62. The van der Waals surface area contributed by atoms with Crippen molar-refractivity contribution in [2.75, 3.05) is 0 Å². The molecule has 2 rings (SSSR count). The van der Waals surface area contributed by atoms with Gasteiger partial charge in [-0.25, -0.2) is 0 Å². The fraction of sp³-hybridized carbons (Fsp3) is 0.143. The van der Waals surface area contributed by atoms with Gasteiger partial charge in [-0.2, -0.15) is 8.42 Å². The SMILES string of the molecule is NC1=C2C=CC(O)C=C2NS(=O)(=O)N1. The minimum absolute atomic E-state index is 0.0538. The zero-order chi connectivity index (χ0) is 10.3. The van der Waals surface area contributed by atoms with Crippen molar-refractivity contribution >= 4 is 10.2 Å². The Hall–Kier alpha value is -1.47. The molecule has 2 aliphatic rings. The largest absolute Gasteiger partial charge is 0.385 e. The molecule has 14 heavy (non-hydrogen) atoms. The molecular formula is C7H9N3O3S. The first-order valence-corrected chi connectivity index (χ1v) is 5.35. The zero-order valence-corrected chi connectivity index (χ0v) is 7.88. The van der Waals surface area contributed by atoms with Gasteiger partial charge < -0.3 is 10.8 Å². The van der Waals surface area contributed by atoms with Gasteiger partial charge in [-0.05, 0) is 6.08 Å². The highest BCUT2D eigenvalue weighted by Crippen LogP contribution is 2.20. The molecule has 0 radical (unpaired) electrons. The van der Waals surface area contributed by atoms with Crippen molar-refractivity contribution in [3.63, 3.8) is 0 Å². The minimum Gasteiger partial charge on any atom is -0.385 e. The zero-order valence-electron chi connectivity index (χ0n) is 7.06. The van der Waals surface area contributed by atoms with Crippen LogP contribution in [0.2, 0.25) is 0 Å². The Morgan fingerprint density at radius 1 is 1.43 bits per heavy atom. The van der Waals surface area contributed by atoms with Gasteiger partial charge in [0, 0.05) is 5.57 Å². The molecule has 76 valence electrons. The van der Waals surface area contributed by atoms with E-state index in [0.29, 0.717) is 11.3 Å². The van der Waals surface area contributed by atoms with Crippen molar-refractivity contribution in [2.24, 2.45) is 5.73 Å². The van der Waals surface area contributed by atoms with E-state index in [1.165, 1.54) is 12.2 Å². The van der Waals surface area contributed by atoms with E-state index in [2.05, 4.69) is 9.44 Å². The van der Waals surface area contributed by atoms with E-state index in [9.17, 15) is 13.5 Å². The molecule has 0 aromatic carbocycles. The number of nitrogens with one attached hydrogen (secondary N) is 2. The van der Waals surface area contributed by atoms with Crippen molar-refractivity contribution < 1.29 is 13.5 Å². The van der Waals surface area contributed by atoms with E-state index in [1.54, 1.807) is 6.08 Å². The summed E-state index contributed by atoms with van der Waals surface area (Å²) in [5.41, 5.74) is 6.32. The molecule has 1 unspecified atom stereocenters. The highest BCUT2D eigenvalue weighted by atomic mass is 32.2. The summed E-state index contributed by atoms with van der Waals surface area (Å²) in [6, 6.07) is 0. The molecule has 1 atom stereocenters. The number of aliphatic hydroxyl groups is 1. The smallest absolute Gasteiger partial charge is 0.322 e. The maximum Gasteiger partial charge on any atom is 0.322 e. The highest BCUT2D eigenvalue weighted by Gasteiger charge is 2.25. The van der Waals surface area contributed by atoms with Gasteiger partial charge in [-0.3, -0.25) is 9.44 Å². The van der Waals surface area contributed by atoms with Crippen LogP contribution in [0.1, 0.15) is 0 Å². The Bertz CT molecular complexity index is 461. The van der Waals surface area contributed by atoms with Crippen LogP contribution in [-0.2, 0) is 10.2 Å².